The van der Waals surface area contributed by atoms with E-state index in [-0.39, 0.29) is 11.9 Å². The van der Waals surface area contributed by atoms with Crippen LogP contribution in [-0.4, -0.2) is 5.97 Å². The molecule has 0 saturated heterocycles. The number of rotatable bonds is 0. The molecule has 1 aromatic rings. The number of fused-ring (bicyclic) bond motifs is 1. The van der Waals surface area contributed by atoms with Crippen molar-refractivity contribution in [3.05, 3.63) is 29.3 Å². The van der Waals surface area contributed by atoms with Crippen molar-refractivity contribution in [2.24, 2.45) is 0 Å². The van der Waals surface area contributed by atoms with Crippen molar-refractivity contribution in [2.45, 2.75) is 19.8 Å². The Kier molecular flexibility index (Phi) is 1.43. The van der Waals surface area contributed by atoms with Crippen molar-refractivity contribution < 1.29 is 9.53 Å². The van der Waals surface area contributed by atoms with Gasteiger partial charge in [-0.2, -0.15) is 0 Å². The molecule has 0 fully saturated rings. The maximum absolute atomic E-state index is 11.1. The van der Waals surface area contributed by atoms with Crippen LogP contribution in [0, 0.1) is 6.92 Å². The van der Waals surface area contributed by atoms with Gasteiger partial charge in [-0.05, 0) is 19.9 Å². The van der Waals surface area contributed by atoms with E-state index in [1.807, 2.05) is 32.0 Å². The van der Waals surface area contributed by atoms with Gasteiger partial charge in [-0.3, -0.25) is 4.79 Å². The first-order chi connectivity index (χ1) is 5.68. The molecule has 0 unspecified atom stereocenters. The van der Waals surface area contributed by atoms with Gasteiger partial charge in [-0.15, -0.1) is 0 Å². The first-order valence-corrected chi connectivity index (χ1v) is 4.01. The molecule has 2 rings (SSSR count). The third-order valence-electron chi connectivity index (χ3n) is 2.20. The molecule has 2 heteroatoms. The van der Waals surface area contributed by atoms with Crippen LogP contribution in [0.25, 0.3) is 0 Å². The molecule has 0 aliphatic carbocycles. The highest BCUT2D eigenvalue weighted by Gasteiger charge is 2.28. The second-order valence-electron chi connectivity index (χ2n) is 3.18. The average molecular weight is 162 g/mol. The molecule has 1 aliphatic heterocycles. The normalized spacial score (nSPS) is 20.5. The summed E-state index contributed by atoms with van der Waals surface area (Å²) in [7, 11) is 0. The second kappa shape index (κ2) is 2.34. The molecule has 12 heavy (non-hydrogen) atoms. The summed E-state index contributed by atoms with van der Waals surface area (Å²) in [6.07, 6.45) is 0. The zero-order valence-electron chi connectivity index (χ0n) is 7.13. The summed E-state index contributed by atoms with van der Waals surface area (Å²) in [4.78, 5) is 11.1. The van der Waals surface area contributed by atoms with Crippen LogP contribution < -0.4 is 4.74 Å². The largest absolute Gasteiger partial charge is 0.426 e. The molecule has 1 aromatic carbocycles. The lowest BCUT2D eigenvalue weighted by Gasteiger charge is -1.98. The minimum Gasteiger partial charge on any atom is -0.426 e. The molecular formula is C10H10O2. The minimum absolute atomic E-state index is 0.0973. The fraction of sp³-hybridized carbons (Fsp3) is 0.300. The van der Waals surface area contributed by atoms with E-state index in [9.17, 15) is 4.79 Å². The van der Waals surface area contributed by atoms with E-state index in [1.54, 1.807) is 0 Å². The van der Waals surface area contributed by atoms with E-state index < -0.39 is 0 Å². The van der Waals surface area contributed by atoms with Gasteiger partial charge in [0.25, 0.3) is 0 Å². The molecule has 0 aromatic heterocycles. The number of carbonyl (C=O) groups excluding carboxylic acids is 1. The molecule has 1 aliphatic rings. The molecule has 1 atom stereocenters. The number of hydrogen-bond acceptors (Lipinski definition) is 2. The van der Waals surface area contributed by atoms with E-state index in [4.69, 9.17) is 4.74 Å². The fourth-order valence-electron chi connectivity index (χ4n) is 1.42. The van der Waals surface area contributed by atoms with E-state index in [2.05, 4.69) is 0 Å². The lowest BCUT2D eigenvalue weighted by atomic mass is 10.0. The Hall–Kier alpha value is -1.31. The third-order valence-corrected chi connectivity index (χ3v) is 2.20. The molecule has 0 radical (unpaired) electrons. The van der Waals surface area contributed by atoms with Gasteiger partial charge in [0.15, 0.2) is 0 Å². The van der Waals surface area contributed by atoms with Gasteiger partial charge in [0.05, 0.1) is 5.92 Å². The lowest BCUT2D eigenvalue weighted by Crippen LogP contribution is -2.05. The van der Waals surface area contributed by atoms with Crippen LogP contribution in [-0.2, 0) is 4.79 Å². The zero-order chi connectivity index (χ0) is 8.72. The quantitative estimate of drug-likeness (QED) is 0.431. The predicted octanol–water partition coefficient (Wildman–Crippen LogP) is 2.02. The maximum Gasteiger partial charge on any atom is 0.318 e. The Morgan fingerprint density at radius 2 is 2.17 bits per heavy atom. The highest BCUT2D eigenvalue weighted by molar-refractivity contribution is 5.85. The number of hydrogen-bond donors (Lipinski definition) is 0. The highest BCUT2D eigenvalue weighted by Crippen LogP contribution is 2.34. The van der Waals surface area contributed by atoms with Gasteiger partial charge >= 0.3 is 5.97 Å². The number of aryl methyl sites for hydroxylation is 1. The number of ether oxygens (including phenoxy) is 1. The van der Waals surface area contributed by atoms with Crippen LogP contribution >= 0.6 is 0 Å². The topological polar surface area (TPSA) is 26.3 Å². The highest BCUT2D eigenvalue weighted by atomic mass is 16.5. The van der Waals surface area contributed by atoms with Gasteiger partial charge in [-0.25, -0.2) is 0 Å². The standard InChI is InChI=1S/C10H10O2/c1-6-3-4-9-8(5-6)7(2)10(11)12-9/h3-5,7H,1-2H3/t7-/m1/s1. The molecule has 62 valence electrons. The Morgan fingerprint density at radius 1 is 1.42 bits per heavy atom. The van der Waals surface area contributed by atoms with Gasteiger partial charge in [0.2, 0.25) is 0 Å². The van der Waals surface area contributed by atoms with E-state index in [1.165, 1.54) is 5.56 Å². The molecule has 0 bridgehead atoms. The predicted molar refractivity (Wildman–Crippen MR) is 45.2 cm³/mol. The smallest absolute Gasteiger partial charge is 0.318 e. The molecule has 0 amide bonds. The number of carbonyl (C=O) groups is 1. The molecule has 2 nitrogen and oxygen atoms in total. The summed E-state index contributed by atoms with van der Waals surface area (Å²) in [5.74, 6) is 0.480. The van der Waals surface area contributed by atoms with Crippen molar-refractivity contribution in [1.82, 2.24) is 0 Å². The van der Waals surface area contributed by atoms with E-state index in [0.29, 0.717) is 0 Å². The van der Waals surface area contributed by atoms with Crippen molar-refractivity contribution in [1.29, 1.82) is 0 Å². The van der Waals surface area contributed by atoms with Gasteiger partial charge in [0, 0.05) is 5.56 Å². The monoisotopic (exact) mass is 162 g/mol. The molecular weight excluding hydrogens is 152 g/mol. The van der Waals surface area contributed by atoms with Crippen molar-refractivity contribution in [2.75, 3.05) is 0 Å². The first-order valence-electron chi connectivity index (χ1n) is 4.01. The fourth-order valence-corrected chi connectivity index (χ4v) is 1.42. The summed E-state index contributed by atoms with van der Waals surface area (Å²) < 4.78 is 5.04. The third kappa shape index (κ3) is 0.916. The lowest BCUT2D eigenvalue weighted by molar-refractivity contribution is -0.133. The van der Waals surface area contributed by atoms with E-state index in [0.717, 1.165) is 11.3 Å². The maximum atomic E-state index is 11.1. The minimum atomic E-state index is -0.143. The van der Waals surface area contributed by atoms with Gasteiger partial charge in [-0.1, -0.05) is 17.7 Å². The van der Waals surface area contributed by atoms with Crippen molar-refractivity contribution >= 4 is 5.97 Å². The van der Waals surface area contributed by atoms with Crippen LogP contribution in [0.4, 0.5) is 0 Å². The van der Waals surface area contributed by atoms with Crippen LogP contribution in [0.15, 0.2) is 18.2 Å². The summed E-state index contributed by atoms with van der Waals surface area (Å²) >= 11 is 0. The van der Waals surface area contributed by atoms with Crippen molar-refractivity contribution in [3.8, 4) is 5.75 Å². The summed E-state index contributed by atoms with van der Waals surface area (Å²) in [6, 6.07) is 5.81. The van der Waals surface area contributed by atoms with Gasteiger partial charge < -0.3 is 4.74 Å². The molecule has 0 saturated carbocycles. The van der Waals surface area contributed by atoms with Crippen molar-refractivity contribution in [3.63, 3.8) is 0 Å². The van der Waals surface area contributed by atoms with Crippen LogP contribution in [0.2, 0.25) is 0 Å². The molecule has 0 spiro atoms. The zero-order valence-corrected chi connectivity index (χ0v) is 7.13. The Labute approximate surface area is 71.2 Å². The average Bonchev–Trinajstić information content (AvgIpc) is 2.31. The Balaban J connectivity index is 2.55. The van der Waals surface area contributed by atoms with Crippen LogP contribution in [0.1, 0.15) is 24.0 Å². The van der Waals surface area contributed by atoms with Crippen LogP contribution in [0.5, 0.6) is 5.75 Å². The summed E-state index contributed by atoms with van der Waals surface area (Å²) in [6.45, 7) is 3.88. The number of benzene rings is 1. The SMILES string of the molecule is Cc1ccc2c(c1)[C@@H](C)C(=O)O2. The summed E-state index contributed by atoms with van der Waals surface area (Å²) in [5.41, 5.74) is 2.18. The first kappa shape index (κ1) is 7.35. The molecule has 0 N–H and O–H groups in total. The van der Waals surface area contributed by atoms with E-state index >= 15 is 0 Å². The summed E-state index contributed by atoms with van der Waals surface area (Å²) in [5, 5.41) is 0. The van der Waals surface area contributed by atoms with Crippen LogP contribution in [0.3, 0.4) is 0 Å². The second-order valence-corrected chi connectivity index (χ2v) is 3.18. The molecule has 1 heterocycles. The Bertz CT molecular complexity index is 342. The Morgan fingerprint density at radius 3 is 2.92 bits per heavy atom. The van der Waals surface area contributed by atoms with Gasteiger partial charge in [0.1, 0.15) is 5.75 Å². The number of esters is 1.